The Morgan fingerprint density at radius 3 is 2.47 bits per heavy atom. The number of urea groups is 1. The predicted octanol–water partition coefficient (Wildman–Crippen LogP) is 1.69. The number of amidine groups is 1. The maximum atomic E-state index is 13.5. The molecular formula is C23H27N6O3+. The number of amides is 3. The number of Topliss-reactive ketones (excluding diaryl/α,β-unsaturated/α-hetero) is 1. The van der Waals surface area contributed by atoms with Gasteiger partial charge in [0.15, 0.2) is 0 Å². The number of aromatic nitrogens is 2. The molecule has 4 rings (SSSR count). The Balaban J connectivity index is 1.88. The van der Waals surface area contributed by atoms with Gasteiger partial charge in [-0.3, -0.25) is 19.4 Å². The van der Waals surface area contributed by atoms with Gasteiger partial charge in [-0.15, -0.1) is 9.78 Å². The minimum atomic E-state index is -0.814. The van der Waals surface area contributed by atoms with Crippen LogP contribution in [-0.4, -0.2) is 73.3 Å². The average Bonchev–Trinajstić information content (AvgIpc) is 3.37. The summed E-state index contributed by atoms with van der Waals surface area (Å²) >= 11 is 0. The molecule has 0 radical (unpaired) electrons. The summed E-state index contributed by atoms with van der Waals surface area (Å²) in [6.45, 7) is 5.58. The number of likely N-dealkylation sites (N-methyl/N-ethyl adjacent to an activating group) is 1. The highest BCUT2D eigenvalue weighted by Crippen LogP contribution is 2.23. The quantitative estimate of drug-likeness (QED) is 0.646. The molecule has 0 N–H and O–H groups in total. The van der Waals surface area contributed by atoms with Crippen molar-refractivity contribution in [3.63, 3.8) is 0 Å². The molecule has 1 fully saturated rings. The molecule has 9 heteroatoms. The van der Waals surface area contributed by atoms with Crippen LogP contribution in [0.15, 0.2) is 41.4 Å². The first-order valence-corrected chi connectivity index (χ1v) is 10.8. The van der Waals surface area contributed by atoms with Crippen LogP contribution in [0.4, 0.5) is 4.79 Å². The summed E-state index contributed by atoms with van der Waals surface area (Å²) in [5, 5.41) is 4.72. The van der Waals surface area contributed by atoms with Gasteiger partial charge >= 0.3 is 12.0 Å². The molecule has 0 bridgehead atoms. The summed E-state index contributed by atoms with van der Waals surface area (Å²) in [6, 6.07) is 10.4. The Kier molecular flexibility index (Phi) is 5.73. The fraction of sp³-hybridized carbons (Fsp3) is 0.391. The third-order valence-corrected chi connectivity index (χ3v) is 5.71. The van der Waals surface area contributed by atoms with Crippen molar-refractivity contribution in [2.45, 2.75) is 46.2 Å². The zero-order chi connectivity index (χ0) is 23.0. The van der Waals surface area contributed by atoms with Gasteiger partial charge in [0.1, 0.15) is 11.5 Å². The highest BCUT2D eigenvalue weighted by molar-refractivity contribution is 6.23. The Bertz CT molecular complexity index is 1150. The summed E-state index contributed by atoms with van der Waals surface area (Å²) in [5.41, 5.74) is 2.89. The Hall–Kier alpha value is -3.62. The van der Waals surface area contributed by atoms with E-state index in [1.54, 1.807) is 11.7 Å². The number of nitrogens with zero attached hydrogens (tertiary/aromatic N) is 6. The molecule has 1 atom stereocenters. The van der Waals surface area contributed by atoms with Crippen LogP contribution < -0.4 is 0 Å². The van der Waals surface area contributed by atoms with E-state index in [4.69, 9.17) is 10.1 Å². The molecular weight excluding hydrogens is 408 g/mol. The lowest BCUT2D eigenvalue weighted by molar-refractivity contribution is -0.553. The lowest BCUT2D eigenvalue weighted by Crippen LogP contribution is -2.63. The molecule has 0 aliphatic carbocycles. The fourth-order valence-corrected chi connectivity index (χ4v) is 4.06. The number of fused-ring (bicyclic) bond motifs is 1. The van der Waals surface area contributed by atoms with Crippen LogP contribution in [0.1, 0.15) is 37.7 Å². The summed E-state index contributed by atoms with van der Waals surface area (Å²) in [4.78, 5) is 45.2. The standard InChI is InChI=1S/C23H27N6O3/c1-5-17-12-18(6-2)29(25-17)22-24-20-19(27(22)14-16-10-8-7-9-11-16)21(31)28(13-15(3)30)23(32)26(20)4/h7-12,19H,5-6,13-14H2,1-4H3/q+1. The van der Waals surface area contributed by atoms with Gasteiger partial charge in [-0.1, -0.05) is 49.2 Å². The largest absolute Gasteiger partial charge is 0.421 e. The number of carbonyl (C=O) groups excluding carboxylic acids is 3. The van der Waals surface area contributed by atoms with Gasteiger partial charge in [0.2, 0.25) is 11.9 Å². The van der Waals surface area contributed by atoms with Crippen LogP contribution in [0.25, 0.3) is 0 Å². The number of rotatable bonds is 6. The molecule has 166 valence electrons. The van der Waals surface area contributed by atoms with Gasteiger partial charge in [-0.2, -0.15) is 0 Å². The van der Waals surface area contributed by atoms with Gasteiger partial charge in [-0.05, 0) is 25.0 Å². The maximum absolute atomic E-state index is 13.5. The lowest BCUT2D eigenvalue weighted by Gasteiger charge is -2.33. The van der Waals surface area contributed by atoms with Gasteiger partial charge in [-0.25, -0.2) is 9.37 Å². The van der Waals surface area contributed by atoms with Gasteiger partial charge in [0.25, 0.3) is 5.91 Å². The molecule has 0 saturated carbocycles. The van der Waals surface area contributed by atoms with E-state index in [9.17, 15) is 14.4 Å². The van der Waals surface area contributed by atoms with Gasteiger partial charge < -0.3 is 0 Å². The maximum Gasteiger partial charge on any atom is 0.421 e. The smallest absolute Gasteiger partial charge is 0.298 e. The summed E-state index contributed by atoms with van der Waals surface area (Å²) < 4.78 is 3.64. The number of imide groups is 1. The first kappa shape index (κ1) is 21.6. The normalized spacial score (nSPS) is 18.4. The molecule has 0 spiro atoms. The second kappa shape index (κ2) is 8.49. The predicted molar refractivity (Wildman–Crippen MR) is 119 cm³/mol. The van der Waals surface area contributed by atoms with E-state index >= 15 is 0 Å². The molecule has 3 heterocycles. The number of hydrogen-bond acceptors (Lipinski definition) is 5. The first-order valence-electron chi connectivity index (χ1n) is 10.8. The number of benzene rings is 1. The minimum absolute atomic E-state index is 0.259. The van der Waals surface area contributed by atoms with E-state index in [1.807, 2.05) is 54.8 Å². The molecule has 1 aromatic carbocycles. The average molecular weight is 436 g/mol. The molecule has 2 aliphatic rings. The van der Waals surface area contributed by atoms with E-state index in [2.05, 4.69) is 0 Å². The topological polar surface area (TPSA) is 90.9 Å². The van der Waals surface area contributed by atoms with Crippen molar-refractivity contribution in [1.29, 1.82) is 0 Å². The minimum Gasteiger partial charge on any atom is -0.298 e. The number of aliphatic imine (C=N–C) groups is 1. The van der Waals surface area contributed by atoms with Crippen molar-refractivity contribution in [1.82, 2.24) is 19.6 Å². The van der Waals surface area contributed by atoms with Gasteiger partial charge in [0, 0.05) is 13.5 Å². The zero-order valence-corrected chi connectivity index (χ0v) is 18.8. The molecule has 1 unspecified atom stereocenters. The van der Waals surface area contributed by atoms with E-state index in [0.717, 1.165) is 34.7 Å². The SMILES string of the molecule is CCc1cc(CC)n(C2=[N+](Cc3ccccc3)C3C(=O)N(CC(C)=O)C(=O)N(C)C3=N2)n1. The molecule has 9 nitrogen and oxygen atoms in total. The number of hydrogen-bond donors (Lipinski definition) is 0. The number of ketones is 1. The Morgan fingerprint density at radius 1 is 1.12 bits per heavy atom. The van der Waals surface area contributed by atoms with Crippen LogP contribution in [0.3, 0.4) is 0 Å². The summed E-state index contributed by atoms with van der Waals surface area (Å²) in [6.07, 6.45) is 1.51. The third-order valence-electron chi connectivity index (χ3n) is 5.71. The molecule has 1 aromatic heterocycles. The molecule has 2 aliphatic heterocycles. The van der Waals surface area contributed by atoms with Crippen molar-refractivity contribution in [3.8, 4) is 0 Å². The molecule has 3 amide bonds. The van der Waals surface area contributed by atoms with E-state index in [-0.39, 0.29) is 12.3 Å². The van der Waals surface area contributed by atoms with Crippen molar-refractivity contribution in [3.05, 3.63) is 53.3 Å². The molecule has 1 saturated heterocycles. The van der Waals surface area contributed by atoms with Crippen LogP contribution in [0.5, 0.6) is 0 Å². The lowest BCUT2D eigenvalue weighted by atomic mass is 10.1. The highest BCUT2D eigenvalue weighted by Gasteiger charge is 2.53. The van der Waals surface area contributed by atoms with E-state index in [0.29, 0.717) is 18.3 Å². The first-order chi connectivity index (χ1) is 15.3. The van der Waals surface area contributed by atoms with Crippen molar-refractivity contribution in [2.75, 3.05) is 13.6 Å². The van der Waals surface area contributed by atoms with Crippen molar-refractivity contribution < 1.29 is 19.0 Å². The number of carbonyl (C=O) groups is 3. The second-order valence-electron chi connectivity index (χ2n) is 8.00. The van der Waals surface area contributed by atoms with Crippen molar-refractivity contribution >= 4 is 29.5 Å². The van der Waals surface area contributed by atoms with E-state index < -0.39 is 18.0 Å². The fourth-order valence-electron chi connectivity index (χ4n) is 4.06. The van der Waals surface area contributed by atoms with E-state index in [1.165, 1.54) is 11.8 Å². The van der Waals surface area contributed by atoms with Crippen LogP contribution in [-0.2, 0) is 29.0 Å². The van der Waals surface area contributed by atoms with Crippen LogP contribution >= 0.6 is 0 Å². The monoisotopic (exact) mass is 435 g/mol. The van der Waals surface area contributed by atoms with Crippen LogP contribution in [0, 0.1) is 0 Å². The van der Waals surface area contributed by atoms with Crippen molar-refractivity contribution in [2.24, 2.45) is 4.99 Å². The Labute approximate surface area is 186 Å². The van der Waals surface area contributed by atoms with Crippen LogP contribution in [0.2, 0.25) is 0 Å². The zero-order valence-electron chi connectivity index (χ0n) is 18.8. The molecule has 32 heavy (non-hydrogen) atoms. The summed E-state index contributed by atoms with van der Waals surface area (Å²) in [5.74, 6) is 0.142. The summed E-state index contributed by atoms with van der Waals surface area (Å²) in [7, 11) is 1.58. The molecule has 2 aromatic rings. The third kappa shape index (κ3) is 3.63. The van der Waals surface area contributed by atoms with Gasteiger partial charge in [0.05, 0.1) is 18.8 Å². The number of aryl methyl sites for hydroxylation is 2. The Morgan fingerprint density at radius 2 is 1.84 bits per heavy atom. The second-order valence-corrected chi connectivity index (χ2v) is 8.00. The highest BCUT2D eigenvalue weighted by atomic mass is 16.2.